The molecule has 204 valence electrons. The maximum absolute atomic E-state index is 12.0. The molecule has 2 N–H and O–H groups in total. The summed E-state index contributed by atoms with van der Waals surface area (Å²) < 4.78 is 6.02. The molecule has 1 saturated heterocycles. The number of esters is 1. The van der Waals surface area contributed by atoms with Crippen molar-refractivity contribution in [3.05, 3.63) is 11.6 Å². The lowest BCUT2D eigenvalue weighted by molar-refractivity contribution is -0.162. The van der Waals surface area contributed by atoms with E-state index in [0.29, 0.717) is 23.3 Å². The van der Waals surface area contributed by atoms with Gasteiger partial charge in [-0.2, -0.15) is 0 Å². The van der Waals surface area contributed by atoms with Crippen LogP contribution in [0.3, 0.4) is 0 Å². The van der Waals surface area contributed by atoms with Crippen LogP contribution in [0.2, 0.25) is 0 Å². The Kier molecular flexibility index (Phi) is 7.44. The fourth-order valence-corrected chi connectivity index (χ4v) is 10.6. The van der Waals surface area contributed by atoms with E-state index in [0.717, 1.165) is 42.4 Å². The summed E-state index contributed by atoms with van der Waals surface area (Å²) in [5.74, 6) is 5.01. The van der Waals surface area contributed by atoms with E-state index in [1.165, 1.54) is 51.5 Å². The molecule has 5 aliphatic rings. The van der Waals surface area contributed by atoms with E-state index in [2.05, 4.69) is 51.3 Å². The normalized spacial score (nSPS) is 47.1. The highest BCUT2D eigenvalue weighted by Gasteiger charge is 2.60. The number of likely N-dealkylation sites (N-methyl/N-ethyl adjacent to an activating group) is 1. The highest BCUT2D eigenvalue weighted by molar-refractivity contribution is 5.66. The molecule has 4 heteroatoms. The van der Waals surface area contributed by atoms with Crippen molar-refractivity contribution in [2.45, 2.75) is 118 Å². The van der Waals surface area contributed by atoms with E-state index in [1.807, 2.05) is 7.05 Å². The van der Waals surface area contributed by atoms with Crippen LogP contribution in [0, 0.1) is 52.3 Å². The van der Waals surface area contributed by atoms with Crippen LogP contribution in [-0.2, 0) is 9.53 Å². The van der Waals surface area contributed by atoms with Crippen LogP contribution in [0.25, 0.3) is 0 Å². The molecule has 0 aromatic heterocycles. The van der Waals surface area contributed by atoms with Crippen LogP contribution >= 0.6 is 0 Å². The maximum atomic E-state index is 12.0. The minimum Gasteiger partial charge on any atom is -0.461 e. The highest BCUT2D eigenvalue weighted by Crippen LogP contribution is 2.67. The number of hydrogen-bond donors (Lipinski definition) is 2. The summed E-state index contributed by atoms with van der Waals surface area (Å²) in [5.41, 5.74) is 2.51. The second-order valence-electron chi connectivity index (χ2n) is 14.4. The third-order valence-electron chi connectivity index (χ3n) is 12.5. The molecule has 4 nitrogen and oxygen atoms in total. The first kappa shape index (κ1) is 26.7. The molecular weight excluding hydrogens is 444 g/mol. The smallest absolute Gasteiger partial charge is 0.302 e. The number of hydrogen-bond acceptors (Lipinski definition) is 4. The summed E-state index contributed by atoms with van der Waals surface area (Å²) in [6, 6.07) is 1.000. The zero-order valence-electron chi connectivity index (χ0n) is 24.2. The SMILES string of the molecule is CN[C@@H]1CC[C@]2(C)C3CC[C@]4(C)[C@@H]([C@@H](C)CC5NCCC5C(C)C)CC[C@H]4C3=CC[C@H]2[C@H]1OC(C)=O. The molecule has 0 bridgehead atoms. The first-order chi connectivity index (χ1) is 17.1. The Morgan fingerprint density at radius 3 is 2.50 bits per heavy atom. The topological polar surface area (TPSA) is 50.4 Å². The van der Waals surface area contributed by atoms with Gasteiger partial charge in [-0.05, 0) is 118 Å². The number of fused-ring (bicyclic) bond motifs is 5. The van der Waals surface area contributed by atoms with Gasteiger partial charge in [0.25, 0.3) is 0 Å². The van der Waals surface area contributed by atoms with E-state index in [4.69, 9.17) is 4.74 Å². The van der Waals surface area contributed by atoms with Crippen LogP contribution < -0.4 is 10.6 Å². The first-order valence-corrected chi connectivity index (χ1v) is 15.4. The van der Waals surface area contributed by atoms with Crippen molar-refractivity contribution in [2.24, 2.45) is 52.3 Å². The molecule has 3 saturated carbocycles. The zero-order chi connectivity index (χ0) is 25.8. The van der Waals surface area contributed by atoms with Crippen LogP contribution in [0.1, 0.15) is 99.3 Å². The van der Waals surface area contributed by atoms with E-state index in [1.54, 1.807) is 12.5 Å². The molecule has 4 fully saturated rings. The second kappa shape index (κ2) is 10.0. The molecule has 4 aliphatic carbocycles. The van der Waals surface area contributed by atoms with Gasteiger partial charge in [0.05, 0.1) is 0 Å². The van der Waals surface area contributed by atoms with Crippen molar-refractivity contribution >= 4 is 5.97 Å². The summed E-state index contributed by atoms with van der Waals surface area (Å²) in [4.78, 5) is 12.0. The maximum Gasteiger partial charge on any atom is 0.302 e. The second-order valence-corrected chi connectivity index (χ2v) is 14.4. The number of nitrogens with one attached hydrogen (secondary N) is 2. The van der Waals surface area contributed by atoms with Crippen molar-refractivity contribution in [1.82, 2.24) is 10.6 Å². The van der Waals surface area contributed by atoms with Gasteiger partial charge in [0, 0.05) is 24.9 Å². The molecule has 0 amide bonds. The van der Waals surface area contributed by atoms with Crippen LogP contribution in [-0.4, -0.2) is 37.7 Å². The fourth-order valence-electron chi connectivity index (χ4n) is 10.6. The van der Waals surface area contributed by atoms with Gasteiger partial charge in [-0.1, -0.05) is 46.3 Å². The van der Waals surface area contributed by atoms with Gasteiger partial charge in [0.2, 0.25) is 0 Å². The van der Waals surface area contributed by atoms with Crippen molar-refractivity contribution in [3.63, 3.8) is 0 Å². The third-order valence-corrected chi connectivity index (χ3v) is 12.5. The first-order valence-electron chi connectivity index (χ1n) is 15.4. The van der Waals surface area contributed by atoms with E-state index >= 15 is 0 Å². The Morgan fingerprint density at radius 2 is 1.81 bits per heavy atom. The van der Waals surface area contributed by atoms with Gasteiger partial charge in [-0.3, -0.25) is 4.79 Å². The molecular formula is C32H54N2O2. The molecule has 0 radical (unpaired) electrons. The molecule has 5 rings (SSSR count). The van der Waals surface area contributed by atoms with Crippen LogP contribution in [0.5, 0.6) is 0 Å². The molecule has 36 heavy (non-hydrogen) atoms. The van der Waals surface area contributed by atoms with Gasteiger partial charge in [0.1, 0.15) is 6.10 Å². The lowest BCUT2D eigenvalue weighted by Gasteiger charge is -2.59. The Morgan fingerprint density at radius 1 is 1.08 bits per heavy atom. The van der Waals surface area contributed by atoms with Gasteiger partial charge >= 0.3 is 5.97 Å². The summed E-state index contributed by atoms with van der Waals surface area (Å²) in [6.45, 7) is 15.4. The number of carbonyl (C=O) groups is 1. The standard InChI is InChI=1S/C32H54N2O2/c1-19(2)22-14-17-34-29(22)18-20(3)24-10-11-25-23-8-9-27-30(36-21(4)35)28(33-7)13-16-32(27,6)26(23)12-15-31(24,25)5/h8,19-20,22,24-30,33-34H,9-18H2,1-7H3/t20-,22?,24+,25-,26?,27-,28+,29?,30+,31+,32+/m0/s1. The van der Waals surface area contributed by atoms with E-state index in [-0.39, 0.29) is 23.5 Å². The number of ether oxygens (including phenoxy) is 1. The zero-order valence-corrected chi connectivity index (χ0v) is 24.2. The minimum absolute atomic E-state index is 0.00141. The number of allylic oxidation sites excluding steroid dienone is 2. The van der Waals surface area contributed by atoms with Crippen molar-refractivity contribution in [1.29, 1.82) is 0 Å². The Hall–Kier alpha value is -0.870. The average Bonchev–Trinajstić information content (AvgIpc) is 3.42. The minimum atomic E-state index is -0.125. The van der Waals surface area contributed by atoms with Gasteiger partial charge in [-0.25, -0.2) is 0 Å². The Bertz CT molecular complexity index is 853. The van der Waals surface area contributed by atoms with Crippen molar-refractivity contribution < 1.29 is 9.53 Å². The quantitative estimate of drug-likeness (QED) is 0.331. The Labute approximate surface area is 221 Å². The number of rotatable bonds is 6. The summed E-state index contributed by atoms with van der Waals surface area (Å²) in [7, 11) is 2.03. The molecule has 1 heterocycles. The van der Waals surface area contributed by atoms with Gasteiger partial charge in [0.15, 0.2) is 0 Å². The van der Waals surface area contributed by atoms with Crippen molar-refractivity contribution in [2.75, 3.05) is 13.6 Å². The monoisotopic (exact) mass is 498 g/mol. The molecule has 0 aromatic carbocycles. The summed E-state index contributed by atoms with van der Waals surface area (Å²) >= 11 is 0. The largest absolute Gasteiger partial charge is 0.461 e. The van der Waals surface area contributed by atoms with E-state index in [9.17, 15) is 4.79 Å². The molecule has 3 unspecified atom stereocenters. The highest BCUT2D eigenvalue weighted by atomic mass is 16.5. The number of carbonyl (C=O) groups excluding carboxylic acids is 1. The average molecular weight is 499 g/mol. The molecule has 1 aliphatic heterocycles. The van der Waals surface area contributed by atoms with Crippen LogP contribution in [0.15, 0.2) is 11.6 Å². The fraction of sp³-hybridized carbons (Fsp3) is 0.906. The van der Waals surface area contributed by atoms with Crippen molar-refractivity contribution in [3.8, 4) is 0 Å². The van der Waals surface area contributed by atoms with Gasteiger partial charge in [-0.15, -0.1) is 0 Å². The summed E-state index contributed by atoms with van der Waals surface area (Å²) in [6.07, 6.45) is 14.3. The summed E-state index contributed by atoms with van der Waals surface area (Å²) in [5, 5.41) is 7.36. The van der Waals surface area contributed by atoms with Crippen LogP contribution in [0.4, 0.5) is 0 Å². The lowest BCUT2D eigenvalue weighted by atomic mass is 9.47. The lowest BCUT2D eigenvalue weighted by Crippen LogP contribution is -2.58. The molecule has 0 spiro atoms. The Balaban J connectivity index is 1.35. The third kappa shape index (κ3) is 4.31. The van der Waals surface area contributed by atoms with E-state index < -0.39 is 0 Å². The molecule has 0 aromatic rings. The predicted octanol–water partition coefficient (Wildman–Crippen LogP) is 6.36. The van der Waals surface area contributed by atoms with Gasteiger partial charge < -0.3 is 15.4 Å². The molecule has 11 atom stereocenters. The predicted molar refractivity (Wildman–Crippen MR) is 147 cm³/mol.